The van der Waals surface area contributed by atoms with Crippen molar-refractivity contribution in [2.75, 3.05) is 19.5 Å². The molecule has 0 aliphatic rings. The maximum Gasteiger partial charge on any atom is 0.284 e. The van der Waals surface area contributed by atoms with E-state index in [-0.39, 0.29) is 17.2 Å². The summed E-state index contributed by atoms with van der Waals surface area (Å²) < 4.78 is 12.2. The monoisotopic (exact) mass is 482 g/mol. The Morgan fingerprint density at radius 1 is 1.21 bits per heavy atom. The fourth-order valence-electron chi connectivity index (χ4n) is 2.96. The highest BCUT2D eigenvalue weighted by molar-refractivity contribution is 7.99. The molecule has 0 aliphatic carbocycles. The number of aromatic amines is 1. The minimum absolute atomic E-state index is 0.00180. The molecular weight excluding hydrogens is 464 g/mol. The normalized spacial score (nSPS) is 10.7. The van der Waals surface area contributed by atoms with Crippen LogP contribution in [0.5, 0.6) is 11.5 Å². The number of carbonyl (C=O) groups is 1. The first-order valence-corrected chi connectivity index (χ1v) is 10.5. The van der Waals surface area contributed by atoms with Crippen molar-refractivity contribution >= 4 is 29.3 Å². The molecule has 0 radical (unpaired) electrons. The van der Waals surface area contributed by atoms with Gasteiger partial charge in [-0.05, 0) is 36.0 Å². The number of nitrogens with one attached hydrogen (secondary N) is 2. The second-order valence-electron chi connectivity index (χ2n) is 6.79. The molecule has 1 amide bonds. The van der Waals surface area contributed by atoms with Gasteiger partial charge in [-0.1, -0.05) is 0 Å². The Balaban J connectivity index is 1.54. The summed E-state index contributed by atoms with van der Waals surface area (Å²) in [6.07, 6.45) is 1.49. The standard InChI is InChI=1S/C20H18N8O5S/c1-27-10-21-26-20(27)34-16-7-4-11(8-14(16)28(30)31)18(29)23-19-22-17(24-25-19)13-6-5-12(32-2)9-15(13)33-3/h4-10H,1-3H3,(H2,22,23,24,25,29). The van der Waals surface area contributed by atoms with Crippen LogP contribution in [0.2, 0.25) is 0 Å². The first-order valence-electron chi connectivity index (χ1n) is 9.66. The number of anilines is 1. The van der Waals surface area contributed by atoms with Crippen molar-refractivity contribution in [3.8, 4) is 22.9 Å². The second-order valence-corrected chi connectivity index (χ2v) is 7.80. The second kappa shape index (κ2) is 9.58. The third kappa shape index (κ3) is 4.66. The molecule has 0 atom stereocenters. The first-order chi connectivity index (χ1) is 16.4. The SMILES string of the molecule is COc1ccc(-c2nc(NC(=O)c3ccc(Sc4nncn4C)c([N+](=O)[O-])c3)n[nH]2)c(OC)c1. The van der Waals surface area contributed by atoms with Gasteiger partial charge >= 0.3 is 0 Å². The van der Waals surface area contributed by atoms with Crippen LogP contribution in [0.4, 0.5) is 11.6 Å². The van der Waals surface area contributed by atoms with E-state index in [4.69, 9.17) is 9.47 Å². The lowest BCUT2D eigenvalue weighted by Crippen LogP contribution is -2.13. The Labute approximate surface area is 196 Å². The minimum Gasteiger partial charge on any atom is -0.497 e. The smallest absolute Gasteiger partial charge is 0.284 e. The quantitative estimate of drug-likeness (QED) is 0.282. The number of hydrogen-bond acceptors (Lipinski definition) is 10. The summed E-state index contributed by atoms with van der Waals surface area (Å²) in [5, 5.41) is 29.0. The van der Waals surface area contributed by atoms with Crippen LogP contribution in [0.25, 0.3) is 11.4 Å². The van der Waals surface area contributed by atoms with Crippen LogP contribution in [-0.4, -0.2) is 55.0 Å². The molecule has 174 valence electrons. The molecule has 13 nitrogen and oxygen atoms in total. The molecule has 2 heterocycles. The number of hydrogen-bond donors (Lipinski definition) is 2. The predicted molar refractivity (Wildman–Crippen MR) is 121 cm³/mol. The van der Waals surface area contributed by atoms with E-state index in [2.05, 4.69) is 30.7 Å². The number of carbonyl (C=O) groups excluding carboxylic acids is 1. The molecule has 2 aromatic carbocycles. The highest BCUT2D eigenvalue weighted by atomic mass is 32.2. The van der Waals surface area contributed by atoms with Crippen LogP contribution in [0.3, 0.4) is 0 Å². The van der Waals surface area contributed by atoms with Gasteiger partial charge in [0.05, 0.1) is 29.6 Å². The molecule has 0 spiro atoms. The van der Waals surface area contributed by atoms with Gasteiger partial charge in [0.25, 0.3) is 11.6 Å². The Hall–Kier alpha value is -4.46. The zero-order valence-corrected chi connectivity index (χ0v) is 19.0. The van der Waals surface area contributed by atoms with Crippen LogP contribution in [0.1, 0.15) is 10.4 Å². The van der Waals surface area contributed by atoms with E-state index < -0.39 is 10.8 Å². The molecule has 4 rings (SSSR count). The number of nitrogens with zero attached hydrogens (tertiary/aromatic N) is 6. The summed E-state index contributed by atoms with van der Waals surface area (Å²) in [5.74, 6) is 0.857. The number of ether oxygens (including phenoxy) is 2. The van der Waals surface area contributed by atoms with Gasteiger partial charge in [-0.15, -0.1) is 15.3 Å². The topological polar surface area (TPSA) is 163 Å². The summed E-state index contributed by atoms with van der Waals surface area (Å²) in [6.45, 7) is 0. The van der Waals surface area contributed by atoms with E-state index in [0.717, 1.165) is 11.8 Å². The molecule has 0 fully saturated rings. The van der Waals surface area contributed by atoms with Crippen LogP contribution < -0.4 is 14.8 Å². The number of aromatic nitrogens is 6. The number of rotatable bonds is 8. The van der Waals surface area contributed by atoms with Gasteiger partial charge in [0.15, 0.2) is 11.0 Å². The van der Waals surface area contributed by atoms with E-state index in [1.54, 1.807) is 36.9 Å². The van der Waals surface area contributed by atoms with Gasteiger partial charge in [-0.2, -0.15) is 4.98 Å². The molecule has 0 saturated carbocycles. The van der Waals surface area contributed by atoms with E-state index in [9.17, 15) is 14.9 Å². The maximum atomic E-state index is 12.7. The lowest BCUT2D eigenvalue weighted by molar-refractivity contribution is -0.387. The average Bonchev–Trinajstić information content (AvgIpc) is 3.47. The highest BCUT2D eigenvalue weighted by Crippen LogP contribution is 2.34. The lowest BCUT2D eigenvalue weighted by atomic mass is 10.2. The largest absolute Gasteiger partial charge is 0.497 e. The molecule has 2 aromatic heterocycles. The fourth-order valence-corrected chi connectivity index (χ4v) is 3.81. The van der Waals surface area contributed by atoms with Crippen molar-refractivity contribution in [3.05, 3.63) is 58.4 Å². The van der Waals surface area contributed by atoms with Crippen LogP contribution >= 0.6 is 11.8 Å². The molecule has 0 bridgehead atoms. The molecular formula is C20H18N8O5S. The predicted octanol–water partition coefficient (Wildman–Crippen LogP) is 2.93. The molecule has 14 heteroatoms. The number of nitro groups is 1. The van der Waals surface area contributed by atoms with Crippen molar-refractivity contribution in [3.63, 3.8) is 0 Å². The number of nitro benzene ring substituents is 1. The highest BCUT2D eigenvalue weighted by Gasteiger charge is 2.21. The molecule has 0 unspecified atom stereocenters. The van der Waals surface area contributed by atoms with Crippen molar-refractivity contribution in [2.45, 2.75) is 10.1 Å². The van der Waals surface area contributed by atoms with Gasteiger partial charge in [0.2, 0.25) is 5.95 Å². The van der Waals surface area contributed by atoms with Crippen molar-refractivity contribution in [2.24, 2.45) is 7.05 Å². The van der Waals surface area contributed by atoms with Gasteiger partial charge in [-0.25, -0.2) is 0 Å². The van der Waals surface area contributed by atoms with Crippen molar-refractivity contribution < 1.29 is 19.2 Å². The number of H-pyrrole nitrogens is 1. The van der Waals surface area contributed by atoms with Crippen LogP contribution in [-0.2, 0) is 7.05 Å². The summed E-state index contributed by atoms with van der Waals surface area (Å²) in [4.78, 5) is 28.4. The van der Waals surface area contributed by atoms with E-state index in [1.807, 2.05) is 0 Å². The summed E-state index contributed by atoms with van der Waals surface area (Å²) in [6, 6.07) is 9.31. The first kappa shape index (κ1) is 22.7. The Morgan fingerprint density at radius 2 is 2.03 bits per heavy atom. The molecule has 34 heavy (non-hydrogen) atoms. The van der Waals surface area contributed by atoms with Crippen LogP contribution in [0, 0.1) is 10.1 Å². The number of aryl methyl sites for hydroxylation is 1. The molecule has 0 saturated heterocycles. The Bertz CT molecular complexity index is 1370. The van der Waals surface area contributed by atoms with E-state index >= 15 is 0 Å². The third-order valence-corrected chi connectivity index (χ3v) is 5.78. The lowest BCUT2D eigenvalue weighted by Gasteiger charge is -2.08. The summed E-state index contributed by atoms with van der Waals surface area (Å²) in [5.41, 5.74) is 0.443. The van der Waals surface area contributed by atoms with Gasteiger partial charge < -0.3 is 14.0 Å². The van der Waals surface area contributed by atoms with E-state index in [0.29, 0.717) is 32.9 Å². The van der Waals surface area contributed by atoms with Gasteiger partial charge in [0, 0.05) is 24.7 Å². The number of amides is 1. The molecule has 0 aliphatic heterocycles. The Kier molecular flexibility index (Phi) is 6.40. The Morgan fingerprint density at radius 3 is 2.71 bits per heavy atom. The average molecular weight is 482 g/mol. The van der Waals surface area contributed by atoms with Gasteiger partial charge in [0.1, 0.15) is 17.8 Å². The van der Waals surface area contributed by atoms with Crippen molar-refractivity contribution in [1.29, 1.82) is 0 Å². The van der Waals surface area contributed by atoms with Gasteiger partial charge in [-0.3, -0.25) is 25.3 Å². The third-order valence-electron chi connectivity index (χ3n) is 4.66. The molecule has 2 N–H and O–H groups in total. The van der Waals surface area contributed by atoms with E-state index in [1.165, 1.54) is 31.6 Å². The minimum atomic E-state index is -0.606. The molecule has 4 aromatic rings. The summed E-state index contributed by atoms with van der Waals surface area (Å²) in [7, 11) is 4.78. The number of methoxy groups -OCH3 is 2. The summed E-state index contributed by atoms with van der Waals surface area (Å²) >= 11 is 1.07. The maximum absolute atomic E-state index is 12.7. The zero-order chi connectivity index (χ0) is 24.2. The zero-order valence-electron chi connectivity index (χ0n) is 18.2. The van der Waals surface area contributed by atoms with Crippen LogP contribution in [0.15, 0.2) is 52.8 Å². The fraction of sp³-hybridized carbons (Fsp3) is 0.150. The van der Waals surface area contributed by atoms with Crippen molar-refractivity contribution in [1.82, 2.24) is 29.9 Å². The number of benzene rings is 2.